The first-order chi connectivity index (χ1) is 8.35. The van der Waals surface area contributed by atoms with Gasteiger partial charge in [-0.3, -0.25) is 9.59 Å². The summed E-state index contributed by atoms with van der Waals surface area (Å²) in [6.07, 6.45) is 3.91. The molecule has 0 amide bonds. The zero-order chi connectivity index (χ0) is 13.1. The molecule has 2 aliphatic carbocycles. The maximum atomic E-state index is 12.0. The molecule has 0 aromatic carbocycles. The molecule has 2 saturated carbocycles. The fraction of sp³-hybridized carbons (Fsp3) is 0.867. The lowest BCUT2D eigenvalue weighted by atomic mass is 9.49. The molecule has 102 valence electrons. The quantitative estimate of drug-likeness (QED) is 0.622. The molecule has 3 rings (SSSR count). The largest absolute Gasteiger partial charge is 0.459 e. The summed E-state index contributed by atoms with van der Waals surface area (Å²) in [5, 5.41) is 0. The van der Waals surface area contributed by atoms with Crippen LogP contribution < -0.4 is 0 Å². The van der Waals surface area contributed by atoms with Gasteiger partial charge in [0.2, 0.25) is 0 Å². The van der Waals surface area contributed by atoms with Crippen LogP contribution in [0.25, 0.3) is 0 Å². The molecule has 5 atom stereocenters. The highest BCUT2D eigenvalue weighted by Gasteiger charge is 2.61. The average Bonchev–Trinajstić information content (AvgIpc) is 2.53. The van der Waals surface area contributed by atoms with E-state index in [1.54, 1.807) is 0 Å². The van der Waals surface area contributed by atoms with Gasteiger partial charge in [0, 0.05) is 20.2 Å². The molecule has 3 heteroatoms. The maximum Gasteiger partial charge on any atom is 0.306 e. The second-order valence-electron chi connectivity index (χ2n) is 7.09. The van der Waals surface area contributed by atoms with Gasteiger partial charge >= 0.3 is 5.97 Å². The Morgan fingerprint density at radius 1 is 1.28 bits per heavy atom. The van der Waals surface area contributed by atoms with Crippen molar-refractivity contribution in [3.63, 3.8) is 0 Å². The summed E-state index contributed by atoms with van der Waals surface area (Å²) in [5.74, 6) is 1.54. The van der Waals surface area contributed by atoms with Gasteiger partial charge in [-0.15, -0.1) is 0 Å². The molecule has 0 spiro atoms. The number of fused-ring (bicyclic) bond motifs is 3. The van der Waals surface area contributed by atoms with E-state index in [0.29, 0.717) is 30.5 Å². The van der Waals surface area contributed by atoms with E-state index in [4.69, 9.17) is 4.74 Å². The van der Waals surface area contributed by atoms with Crippen LogP contribution in [0.2, 0.25) is 0 Å². The highest BCUT2D eigenvalue weighted by atomic mass is 16.6. The van der Waals surface area contributed by atoms with Crippen LogP contribution in [0.4, 0.5) is 0 Å². The SMILES string of the molecule is C[C@H]1CC(=O)C[C@@]2(C)C1CC[C@@]1(C)OC(=O)C[C@@H]12.[HH]. The van der Waals surface area contributed by atoms with Crippen molar-refractivity contribution in [1.82, 2.24) is 0 Å². The number of ketones is 1. The third-order valence-electron chi connectivity index (χ3n) is 5.86. The number of ether oxygens (including phenoxy) is 1. The predicted octanol–water partition coefficient (Wildman–Crippen LogP) is 2.97. The highest BCUT2D eigenvalue weighted by Crippen LogP contribution is 2.61. The maximum absolute atomic E-state index is 12.0. The van der Waals surface area contributed by atoms with Crippen molar-refractivity contribution in [2.45, 2.75) is 58.5 Å². The lowest BCUT2D eigenvalue weighted by Crippen LogP contribution is -2.55. The van der Waals surface area contributed by atoms with Crippen LogP contribution in [0.15, 0.2) is 0 Å². The molecule has 0 radical (unpaired) electrons. The van der Waals surface area contributed by atoms with E-state index in [1.807, 2.05) is 0 Å². The Balaban J connectivity index is 0.00000133. The number of hydrogen-bond donors (Lipinski definition) is 0. The zero-order valence-electron chi connectivity index (χ0n) is 11.5. The van der Waals surface area contributed by atoms with E-state index in [0.717, 1.165) is 19.3 Å². The Morgan fingerprint density at radius 2 is 2.00 bits per heavy atom. The van der Waals surface area contributed by atoms with Crippen molar-refractivity contribution >= 4 is 11.8 Å². The third kappa shape index (κ3) is 1.49. The van der Waals surface area contributed by atoms with Crippen LogP contribution in [0, 0.1) is 23.2 Å². The Labute approximate surface area is 110 Å². The summed E-state index contributed by atoms with van der Waals surface area (Å²) in [6.45, 7) is 6.48. The number of carbonyl (C=O) groups excluding carboxylic acids is 2. The van der Waals surface area contributed by atoms with Crippen molar-refractivity contribution in [2.75, 3.05) is 0 Å². The van der Waals surface area contributed by atoms with Crippen molar-refractivity contribution in [1.29, 1.82) is 0 Å². The molecule has 0 N–H and O–H groups in total. The van der Waals surface area contributed by atoms with Crippen molar-refractivity contribution in [3.05, 3.63) is 0 Å². The van der Waals surface area contributed by atoms with E-state index in [2.05, 4.69) is 20.8 Å². The van der Waals surface area contributed by atoms with Gasteiger partial charge in [-0.1, -0.05) is 13.8 Å². The summed E-state index contributed by atoms with van der Waals surface area (Å²) in [4.78, 5) is 23.7. The van der Waals surface area contributed by atoms with E-state index < -0.39 is 0 Å². The number of esters is 1. The Morgan fingerprint density at radius 3 is 2.72 bits per heavy atom. The van der Waals surface area contributed by atoms with Crippen molar-refractivity contribution in [2.24, 2.45) is 23.2 Å². The standard InChI is InChI=1S/C15H22O3.H2/c1-9-6-10(16)8-14(2)11(9)4-5-15(3)12(14)7-13(17)18-15;/h9,11-12H,4-8H2,1-3H3;1H/t9-,11?,12+,14-,15+;/m0./s1. The minimum atomic E-state index is -0.320. The fourth-order valence-electron chi connectivity index (χ4n) is 5.13. The first-order valence-corrected chi connectivity index (χ1v) is 7.09. The van der Waals surface area contributed by atoms with E-state index in [-0.39, 0.29) is 24.3 Å². The average molecular weight is 252 g/mol. The van der Waals surface area contributed by atoms with Gasteiger partial charge in [-0.05, 0) is 37.0 Å². The fourth-order valence-corrected chi connectivity index (χ4v) is 5.13. The Bertz CT molecular complexity index is 422. The minimum absolute atomic E-state index is 0. The first kappa shape index (κ1) is 12.2. The molecule has 18 heavy (non-hydrogen) atoms. The van der Waals surface area contributed by atoms with Gasteiger partial charge in [0.25, 0.3) is 0 Å². The van der Waals surface area contributed by atoms with Crippen LogP contribution in [-0.4, -0.2) is 17.4 Å². The zero-order valence-corrected chi connectivity index (χ0v) is 11.5. The topological polar surface area (TPSA) is 43.4 Å². The number of rotatable bonds is 0. The van der Waals surface area contributed by atoms with Gasteiger partial charge in [0.15, 0.2) is 0 Å². The summed E-state index contributed by atoms with van der Waals surface area (Å²) >= 11 is 0. The van der Waals surface area contributed by atoms with Crippen molar-refractivity contribution < 1.29 is 15.8 Å². The van der Waals surface area contributed by atoms with Gasteiger partial charge in [0.1, 0.15) is 11.4 Å². The predicted molar refractivity (Wildman–Crippen MR) is 69.0 cm³/mol. The molecule has 0 bridgehead atoms. The van der Waals surface area contributed by atoms with Crippen LogP contribution in [0.1, 0.15) is 54.3 Å². The summed E-state index contributed by atoms with van der Waals surface area (Å²) < 4.78 is 5.59. The molecule has 1 unspecified atom stereocenters. The monoisotopic (exact) mass is 252 g/mol. The minimum Gasteiger partial charge on any atom is -0.459 e. The molecule has 1 aliphatic heterocycles. The van der Waals surface area contributed by atoms with Crippen LogP contribution in [-0.2, 0) is 14.3 Å². The molecular weight excluding hydrogens is 228 g/mol. The third-order valence-corrected chi connectivity index (χ3v) is 5.86. The normalized spacial score (nSPS) is 51.6. The molecular formula is C15H24O3. The molecule has 3 nitrogen and oxygen atoms in total. The van der Waals surface area contributed by atoms with Gasteiger partial charge in [0.05, 0.1) is 6.42 Å². The molecule has 1 heterocycles. The second kappa shape index (κ2) is 3.58. The molecule has 3 aliphatic rings. The van der Waals surface area contributed by atoms with Gasteiger partial charge in [-0.2, -0.15) is 0 Å². The Hall–Kier alpha value is -0.860. The second-order valence-corrected chi connectivity index (χ2v) is 7.09. The lowest BCUT2D eigenvalue weighted by molar-refractivity contribution is -0.161. The summed E-state index contributed by atoms with van der Waals surface area (Å²) in [6, 6.07) is 0. The number of Topliss-reactive ketones (excluding diaryl/α,β-unsaturated/α-hetero) is 1. The van der Waals surface area contributed by atoms with E-state index >= 15 is 0 Å². The van der Waals surface area contributed by atoms with Gasteiger partial charge < -0.3 is 4.74 Å². The van der Waals surface area contributed by atoms with Crippen molar-refractivity contribution in [3.8, 4) is 0 Å². The molecule has 3 fully saturated rings. The highest BCUT2D eigenvalue weighted by molar-refractivity contribution is 5.81. The number of carbonyl (C=O) groups is 2. The smallest absolute Gasteiger partial charge is 0.306 e. The molecule has 1 saturated heterocycles. The molecule has 0 aromatic heterocycles. The molecule has 0 aromatic rings. The summed E-state index contributed by atoms with van der Waals surface area (Å²) in [7, 11) is 0. The summed E-state index contributed by atoms with van der Waals surface area (Å²) in [5.41, 5.74) is -0.354. The van der Waals surface area contributed by atoms with E-state index in [1.165, 1.54) is 0 Å². The Kier molecular flexibility index (Phi) is 2.43. The lowest BCUT2D eigenvalue weighted by Gasteiger charge is -2.55. The van der Waals surface area contributed by atoms with Gasteiger partial charge in [-0.25, -0.2) is 0 Å². The number of hydrogen-bond acceptors (Lipinski definition) is 3. The van der Waals surface area contributed by atoms with Crippen LogP contribution in [0.3, 0.4) is 0 Å². The first-order valence-electron chi connectivity index (χ1n) is 7.09. The van der Waals surface area contributed by atoms with Crippen LogP contribution >= 0.6 is 0 Å². The van der Waals surface area contributed by atoms with Crippen LogP contribution in [0.5, 0.6) is 0 Å². The van der Waals surface area contributed by atoms with E-state index in [9.17, 15) is 9.59 Å².